The van der Waals surface area contributed by atoms with E-state index in [4.69, 9.17) is 9.72 Å². The first-order valence-electron chi connectivity index (χ1n) is 12.5. The van der Waals surface area contributed by atoms with Gasteiger partial charge >= 0.3 is 6.09 Å². The van der Waals surface area contributed by atoms with Crippen LogP contribution in [-0.2, 0) is 4.74 Å². The lowest BCUT2D eigenvalue weighted by atomic mass is 10.1. The molecule has 0 bridgehead atoms. The van der Waals surface area contributed by atoms with Gasteiger partial charge in [-0.3, -0.25) is 4.57 Å². The highest BCUT2D eigenvalue weighted by molar-refractivity contribution is 6.00. The van der Waals surface area contributed by atoms with Crippen LogP contribution >= 0.6 is 0 Å². The largest absolute Gasteiger partial charge is 0.444 e. The number of hydrogen-bond donors (Lipinski definition) is 0. The zero-order chi connectivity index (χ0) is 25.4. The van der Waals surface area contributed by atoms with Crippen molar-refractivity contribution in [2.75, 3.05) is 42.5 Å². The van der Waals surface area contributed by atoms with Crippen molar-refractivity contribution >= 4 is 28.6 Å². The average Bonchev–Trinajstić information content (AvgIpc) is 3.51. The summed E-state index contributed by atoms with van der Waals surface area (Å²) in [5, 5.41) is 10.4. The Balaban J connectivity index is 1.53. The minimum absolute atomic E-state index is 0.0371. The second-order valence-electron chi connectivity index (χ2n) is 10.5. The van der Waals surface area contributed by atoms with Crippen molar-refractivity contribution in [2.45, 2.75) is 52.2 Å². The van der Waals surface area contributed by atoms with Crippen molar-refractivity contribution in [3.05, 3.63) is 36.4 Å². The number of carbonyl (C=O) groups is 1. The SMILES string of the molecule is C[C@@H]1CN(c2ncnc3c2c(N2CCCC2)cn3-c2cc(C#N)ccn2)CCN1C(=O)OC(C)(C)C. The number of ether oxygens (including phenoxy) is 1. The van der Waals surface area contributed by atoms with Crippen molar-refractivity contribution in [3.8, 4) is 11.9 Å². The molecule has 2 aliphatic rings. The van der Waals surface area contributed by atoms with E-state index in [1.165, 1.54) is 0 Å². The topological polar surface area (TPSA) is 103 Å². The molecule has 2 fully saturated rings. The van der Waals surface area contributed by atoms with Crippen LogP contribution in [-0.4, -0.2) is 74.9 Å². The van der Waals surface area contributed by atoms with E-state index in [9.17, 15) is 10.1 Å². The Labute approximate surface area is 211 Å². The van der Waals surface area contributed by atoms with Gasteiger partial charge in [0, 0.05) is 51.2 Å². The summed E-state index contributed by atoms with van der Waals surface area (Å²) in [4.78, 5) is 33.1. The summed E-state index contributed by atoms with van der Waals surface area (Å²) < 4.78 is 7.57. The Bertz CT molecular complexity index is 1320. The molecule has 1 amide bonds. The van der Waals surface area contributed by atoms with Crippen LogP contribution in [0.5, 0.6) is 0 Å². The molecule has 0 unspecified atom stereocenters. The molecular weight excluding hydrogens is 456 g/mol. The van der Waals surface area contributed by atoms with Crippen LogP contribution in [0.3, 0.4) is 0 Å². The average molecular weight is 489 g/mol. The van der Waals surface area contributed by atoms with E-state index in [2.05, 4.69) is 32.0 Å². The first-order valence-corrected chi connectivity index (χ1v) is 12.5. The number of pyridine rings is 1. The number of piperazine rings is 1. The van der Waals surface area contributed by atoms with Crippen molar-refractivity contribution in [3.63, 3.8) is 0 Å². The van der Waals surface area contributed by atoms with Crippen molar-refractivity contribution in [1.82, 2.24) is 24.4 Å². The van der Waals surface area contributed by atoms with Gasteiger partial charge in [0.25, 0.3) is 0 Å². The van der Waals surface area contributed by atoms with Gasteiger partial charge in [0.1, 0.15) is 23.6 Å². The molecule has 0 spiro atoms. The number of aromatic nitrogens is 4. The van der Waals surface area contributed by atoms with Crippen LogP contribution in [0.15, 0.2) is 30.9 Å². The zero-order valence-electron chi connectivity index (χ0n) is 21.3. The van der Waals surface area contributed by atoms with Crippen LogP contribution < -0.4 is 9.80 Å². The maximum atomic E-state index is 12.7. The minimum Gasteiger partial charge on any atom is -0.444 e. The fourth-order valence-electron chi connectivity index (χ4n) is 5.00. The molecule has 0 radical (unpaired) electrons. The Morgan fingerprint density at radius 2 is 1.89 bits per heavy atom. The number of fused-ring (bicyclic) bond motifs is 1. The van der Waals surface area contributed by atoms with Crippen LogP contribution in [0.1, 0.15) is 46.1 Å². The van der Waals surface area contributed by atoms with Crippen LogP contribution in [0, 0.1) is 11.3 Å². The highest BCUT2D eigenvalue weighted by atomic mass is 16.6. The molecule has 0 aliphatic carbocycles. The summed E-state index contributed by atoms with van der Waals surface area (Å²) in [7, 11) is 0. The number of amides is 1. The molecular formula is C26H32N8O2. The molecule has 3 aromatic heterocycles. The molecule has 2 aliphatic heterocycles. The molecule has 0 saturated carbocycles. The lowest BCUT2D eigenvalue weighted by molar-refractivity contribution is 0.0159. The maximum Gasteiger partial charge on any atom is 0.410 e. The van der Waals surface area contributed by atoms with Gasteiger partial charge in [-0.05, 0) is 52.7 Å². The molecule has 10 heteroatoms. The van der Waals surface area contributed by atoms with Gasteiger partial charge in [-0.25, -0.2) is 19.7 Å². The second-order valence-corrected chi connectivity index (χ2v) is 10.5. The van der Waals surface area contributed by atoms with Crippen molar-refractivity contribution in [2.24, 2.45) is 0 Å². The molecule has 36 heavy (non-hydrogen) atoms. The van der Waals surface area contributed by atoms with Crippen molar-refractivity contribution < 1.29 is 9.53 Å². The maximum absolute atomic E-state index is 12.7. The van der Waals surface area contributed by atoms with Gasteiger partial charge < -0.3 is 19.4 Å². The lowest BCUT2D eigenvalue weighted by Crippen LogP contribution is -2.55. The van der Waals surface area contributed by atoms with E-state index in [-0.39, 0.29) is 12.1 Å². The van der Waals surface area contributed by atoms with E-state index in [1.807, 2.05) is 32.3 Å². The molecule has 5 rings (SSSR count). The van der Waals surface area contributed by atoms with E-state index in [1.54, 1.807) is 29.6 Å². The third kappa shape index (κ3) is 4.53. The fourth-order valence-corrected chi connectivity index (χ4v) is 5.00. The van der Waals surface area contributed by atoms with E-state index in [0.29, 0.717) is 31.0 Å². The Morgan fingerprint density at radius 3 is 2.58 bits per heavy atom. The fraction of sp³-hybridized carbons (Fsp3) is 0.500. The van der Waals surface area contributed by atoms with Crippen LogP contribution in [0.2, 0.25) is 0 Å². The minimum atomic E-state index is -0.531. The van der Waals surface area contributed by atoms with E-state index >= 15 is 0 Å². The number of carbonyl (C=O) groups excluding carboxylic acids is 1. The third-order valence-corrected chi connectivity index (χ3v) is 6.67. The lowest BCUT2D eigenvalue weighted by Gasteiger charge is -2.41. The number of rotatable bonds is 3. The summed E-state index contributed by atoms with van der Waals surface area (Å²) in [5.74, 6) is 1.50. The van der Waals surface area contributed by atoms with Crippen LogP contribution in [0.25, 0.3) is 16.9 Å². The Kier molecular flexibility index (Phi) is 6.16. The van der Waals surface area contributed by atoms with Crippen LogP contribution in [0.4, 0.5) is 16.3 Å². The predicted octanol–water partition coefficient (Wildman–Crippen LogP) is 3.73. The van der Waals surface area contributed by atoms with Gasteiger partial charge in [-0.15, -0.1) is 0 Å². The molecule has 0 aromatic carbocycles. The number of nitriles is 1. The standard InChI is InChI=1S/C26H32N8O2/c1-18-15-32(11-12-33(18)25(35)36-26(2,3)4)23-22-20(31-9-5-6-10-31)16-34(24(22)30-17-29-23)21-13-19(14-27)7-8-28-21/h7-8,13,16-18H,5-6,9-12,15H2,1-4H3/t18-/m1/s1. The highest BCUT2D eigenvalue weighted by Gasteiger charge is 2.33. The smallest absolute Gasteiger partial charge is 0.410 e. The normalized spacial score (nSPS) is 18.5. The molecule has 3 aromatic rings. The predicted molar refractivity (Wildman–Crippen MR) is 137 cm³/mol. The summed E-state index contributed by atoms with van der Waals surface area (Å²) in [6.45, 7) is 11.5. The zero-order valence-corrected chi connectivity index (χ0v) is 21.3. The quantitative estimate of drug-likeness (QED) is 0.549. The monoisotopic (exact) mass is 488 g/mol. The summed E-state index contributed by atoms with van der Waals surface area (Å²) >= 11 is 0. The van der Waals surface area contributed by atoms with E-state index in [0.717, 1.165) is 48.5 Å². The Hall–Kier alpha value is -3.87. The van der Waals surface area contributed by atoms with E-state index < -0.39 is 5.60 Å². The van der Waals surface area contributed by atoms with Gasteiger partial charge in [0.05, 0.1) is 22.7 Å². The first-order chi connectivity index (χ1) is 17.2. The Morgan fingerprint density at radius 1 is 1.11 bits per heavy atom. The van der Waals surface area contributed by atoms with Gasteiger partial charge in [-0.2, -0.15) is 5.26 Å². The number of anilines is 2. The molecule has 0 N–H and O–H groups in total. The molecule has 10 nitrogen and oxygen atoms in total. The first kappa shape index (κ1) is 23.9. The van der Waals surface area contributed by atoms with Gasteiger partial charge in [0.2, 0.25) is 0 Å². The number of nitrogens with zero attached hydrogens (tertiary/aromatic N) is 8. The third-order valence-electron chi connectivity index (χ3n) is 6.67. The molecule has 188 valence electrons. The molecule has 5 heterocycles. The second kappa shape index (κ2) is 9.30. The summed E-state index contributed by atoms with van der Waals surface area (Å²) in [6, 6.07) is 5.63. The highest BCUT2D eigenvalue weighted by Crippen LogP contribution is 2.38. The van der Waals surface area contributed by atoms with Gasteiger partial charge in [-0.1, -0.05) is 0 Å². The summed E-state index contributed by atoms with van der Waals surface area (Å²) in [6.07, 6.45) is 7.30. The number of hydrogen-bond acceptors (Lipinski definition) is 8. The summed E-state index contributed by atoms with van der Waals surface area (Å²) in [5.41, 5.74) is 1.85. The van der Waals surface area contributed by atoms with Crippen molar-refractivity contribution in [1.29, 1.82) is 5.26 Å². The molecule has 1 atom stereocenters. The molecule has 2 saturated heterocycles. The van der Waals surface area contributed by atoms with Gasteiger partial charge in [0.15, 0.2) is 5.65 Å².